The molecule has 3 aliphatic heterocycles. The molecule has 1 spiro atoms. The zero-order valence-corrected chi connectivity index (χ0v) is 24.1. The minimum Gasteiger partial charge on any atom is -0.457 e. The summed E-state index contributed by atoms with van der Waals surface area (Å²) in [6, 6.07) is 22.7. The van der Waals surface area contributed by atoms with Gasteiger partial charge in [0, 0.05) is 39.2 Å². The molecule has 3 aliphatic rings. The topological polar surface area (TPSA) is 110 Å². The number of hydrazone groups is 1. The van der Waals surface area contributed by atoms with Gasteiger partial charge in [0.1, 0.15) is 17.3 Å². The number of rotatable bonds is 4. The monoisotopic (exact) mass is 648 g/mol. The fraction of sp³-hybridized carbons (Fsp3) is 0.103. The first kappa shape index (κ1) is 25.9. The van der Waals surface area contributed by atoms with Gasteiger partial charge in [-0.1, -0.05) is 51.8 Å². The fourth-order valence-electron chi connectivity index (χ4n) is 5.19. The summed E-state index contributed by atoms with van der Waals surface area (Å²) < 4.78 is 13.5. The molecule has 7 rings (SSSR count). The molecule has 4 heterocycles. The van der Waals surface area contributed by atoms with E-state index in [-0.39, 0.29) is 17.0 Å². The van der Waals surface area contributed by atoms with E-state index in [0.717, 1.165) is 33.1 Å². The SMILES string of the molecule is O=C1NC2(Oc3ccc(Br)cc3C3CC(c4ccc(Cl)cc4)=NN32)/C(=C/c2ccc(-c3cccc([N+](=O)[O-])c3)o2)S1. The van der Waals surface area contributed by atoms with Crippen molar-refractivity contribution in [2.24, 2.45) is 5.10 Å². The van der Waals surface area contributed by atoms with Crippen LogP contribution >= 0.6 is 39.3 Å². The highest BCUT2D eigenvalue weighted by Crippen LogP contribution is 2.53. The molecular formula is C29H18BrClN4O5S. The molecule has 1 N–H and O–H groups in total. The number of nitro groups is 1. The Morgan fingerprint density at radius 2 is 1.95 bits per heavy atom. The number of furan rings is 1. The number of carbonyl (C=O) groups is 1. The Morgan fingerprint density at radius 3 is 2.76 bits per heavy atom. The maximum Gasteiger partial charge on any atom is 0.314 e. The average molecular weight is 650 g/mol. The second-order valence-electron chi connectivity index (χ2n) is 9.58. The molecule has 0 radical (unpaired) electrons. The number of hydrogen-bond acceptors (Lipinski definition) is 8. The number of non-ortho nitro benzene ring substituents is 1. The van der Waals surface area contributed by atoms with Crippen molar-refractivity contribution in [3.8, 4) is 17.1 Å². The van der Waals surface area contributed by atoms with Crippen LogP contribution in [-0.4, -0.2) is 26.7 Å². The van der Waals surface area contributed by atoms with E-state index in [9.17, 15) is 14.9 Å². The molecule has 4 aromatic rings. The van der Waals surface area contributed by atoms with E-state index in [0.29, 0.717) is 39.2 Å². The number of halogens is 2. The zero-order valence-electron chi connectivity index (χ0n) is 20.9. The molecule has 3 aromatic carbocycles. The molecule has 0 saturated carbocycles. The largest absolute Gasteiger partial charge is 0.457 e. The summed E-state index contributed by atoms with van der Waals surface area (Å²) in [5.41, 5.74) is 3.23. The summed E-state index contributed by atoms with van der Waals surface area (Å²) in [5, 5.41) is 21.4. The first-order chi connectivity index (χ1) is 19.8. The van der Waals surface area contributed by atoms with E-state index in [2.05, 4.69) is 21.2 Å². The molecule has 1 saturated heterocycles. The molecule has 1 fully saturated rings. The van der Waals surface area contributed by atoms with Gasteiger partial charge in [0.25, 0.3) is 10.9 Å². The van der Waals surface area contributed by atoms with Crippen LogP contribution < -0.4 is 10.1 Å². The van der Waals surface area contributed by atoms with Gasteiger partial charge in [-0.3, -0.25) is 20.2 Å². The standard InChI is InChI=1S/C29H18BrClN4O5S/c30-18-6-10-26-22(13-18)24-15-23(16-4-7-19(31)8-5-16)33-34(24)29(40-26)27(41-28(36)32-29)14-21-9-11-25(39-21)17-2-1-3-20(12-17)35(37)38/h1-14,24H,15H2,(H,32,36)/b27-14-. The third-order valence-electron chi connectivity index (χ3n) is 7.05. The Balaban J connectivity index is 1.32. The van der Waals surface area contributed by atoms with Gasteiger partial charge in [0.15, 0.2) is 0 Å². The Kier molecular flexibility index (Phi) is 6.18. The van der Waals surface area contributed by atoms with E-state index in [1.54, 1.807) is 35.4 Å². The molecule has 0 bridgehead atoms. The number of hydrogen-bond donors (Lipinski definition) is 1. The summed E-state index contributed by atoms with van der Waals surface area (Å²) in [5.74, 6) is 0.138. The van der Waals surface area contributed by atoms with E-state index >= 15 is 0 Å². The van der Waals surface area contributed by atoms with Crippen LogP contribution in [0.25, 0.3) is 17.4 Å². The highest BCUT2D eigenvalue weighted by molar-refractivity contribution is 9.10. The maximum absolute atomic E-state index is 12.9. The molecule has 41 heavy (non-hydrogen) atoms. The minimum absolute atomic E-state index is 0.0331. The lowest BCUT2D eigenvalue weighted by Gasteiger charge is -2.45. The van der Waals surface area contributed by atoms with Crippen LogP contribution in [0, 0.1) is 10.1 Å². The lowest BCUT2D eigenvalue weighted by Crippen LogP contribution is -2.61. The van der Waals surface area contributed by atoms with Crippen LogP contribution in [0.4, 0.5) is 10.5 Å². The second-order valence-corrected chi connectivity index (χ2v) is 11.9. The van der Waals surface area contributed by atoms with Crippen molar-refractivity contribution in [1.82, 2.24) is 10.3 Å². The van der Waals surface area contributed by atoms with Crippen LogP contribution in [0.1, 0.15) is 29.3 Å². The molecular weight excluding hydrogens is 632 g/mol. The van der Waals surface area contributed by atoms with Crippen LogP contribution in [0.15, 0.2) is 97.8 Å². The van der Waals surface area contributed by atoms with E-state index in [1.807, 2.05) is 42.5 Å². The number of thioether (sulfide) groups is 1. The quantitative estimate of drug-likeness (QED) is 0.176. The average Bonchev–Trinajstić information content (AvgIpc) is 3.68. The predicted octanol–water partition coefficient (Wildman–Crippen LogP) is 7.97. The fourth-order valence-corrected chi connectivity index (χ4v) is 6.59. The maximum atomic E-state index is 12.9. The molecule has 2 atom stereocenters. The van der Waals surface area contributed by atoms with Gasteiger partial charge in [-0.05, 0) is 65.9 Å². The van der Waals surface area contributed by atoms with Crippen molar-refractivity contribution in [3.63, 3.8) is 0 Å². The Labute approximate surface area is 251 Å². The van der Waals surface area contributed by atoms with Crippen molar-refractivity contribution in [2.75, 3.05) is 0 Å². The Bertz CT molecular complexity index is 1810. The number of ether oxygens (including phenoxy) is 1. The summed E-state index contributed by atoms with van der Waals surface area (Å²) >= 11 is 10.7. The lowest BCUT2D eigenvalue weighted by atomic mass is 9.96. The number of nitrogens with zero attached hydrogens (tertiary/aromatic N) is 3. The molecule has 2 unspecified atom stereocenters. The molecule has 9 nitrogen and oxygen atoms in total. The smallest absolute Gasteiger partial charge is 0.314 e. The van der Waals surface area contributed by atoms with Gasteiger partial charge in [-0.2, -0.15) is 5.10 Å². The molecule has 0 aliphatic carbocycles. The van der Waals surface area contributed by atoms with Gasteiger partial charge in [0.05, 0.1) is 21.6 Å². The van der Waals surface area contributed by atoms with Crippen molar-refractivity contribution in [3.05, 3.63) is 120 Å². The van der Waals surface area contributed by atoms with Crippen molar-refractivity contribution < 1.29 is 18.9 Å². The van der Waals surface area contributed by atoms with Crippen LogP contribution in [0.2, 0.25) is 5.02 Å². The number of benzene rings is 3. The molecule has 1 aromatic heterocycles. The number of nitro benzene ring substituents is 1. The van der Waals surface area contributed by atoms with Crippen LogP contribution in [0.5, 0.6) is 5.75 Å². The summed E-state index contributed by atoms with van der Waals surface area (Å²) in [7, 11) is 0. The lowest BCUT2D eigenvalue weighted by molar-refractivity contribution is -0.384. The highest BCUT2D eigenvalue weighted by atomic mass is 79.9. The minimum atomic E-state index is -1.40. The summed E-state index contributed by atoms with van der Waals surface area (Å²) in [4.78, 5) is 24.3. The van der Waals surface area contributed by atoms with Crippen LogP contribution in [-0.2, 0) is 0 Å². The number of fused-ring (bicyclic) bond motifs is 4. The van der Waals surface area contributed by atoms with Crippen molar-refractivity contribution in [2.45, 2.75) is 18.3 Å². The molecule has 1 amide bonds. The zero-order chi connectivity index (χ0) is 28.3. The Hall–Kier alpha value is -4.06. The van der Waals surface area contributed by atoms with Gasteiger partial charge < -0.3 is 9.15 Å². The van der Waals surface area contributed by atoms with Crippen molar-refractivity contribution in [1.29, 1.82) is 0 Å². The second kappa shape index (κ2) is 9.79. The summed E-state index contributed by atoms with van der Waals surface area (Å²) in [6.45, 7) is 0. The number of carbonyl (C=O) groups excluding carboxylic acids is 1. The third-order valence-corrected chi connectivity index (χ3v) is 8.70. The molecule has 204 valence electrons. The Morgan fingerprint density at radius 1 is 1.12 bits per heavy atom. The first-order valence-electron chi connectivity index (χ1n) is 12.5. The van der Waals surface area contributed by atoms with E-state index < -0.39 is 10.8 Å². The van der Waals surface area contributed by atoms with E-state index in [4.69, 9.17) is 25.9 Å². The normalized spacial score (nSPS) is 21.9. The van der Waals surface area contributed by atoms with Gasteiger partial charge in [-0.15, -0.1) is 0 Å². The highest BCUT2D eigenvalue weighted by Gasteiger charge is 2.58. The summed E-state index contributed by atoms with van der Waals surface area (Å²) in [6.07, 6.45) is 2.32. The van der Waals surface area contributed by atoms with Crippen molar-refractivity contribution >= 4 is 62.0 Å². The third kappa shape index (κ3) is 4.50. The van der Waals surface area contributed by atoms with E-state index in [1.165, 1.54) is 12.1 Å². The van der Waals surface area contributed by atoms with Gasteiger partial charge in [0.2, 0.25) is 0 Å². The van der Waals surface area contributed by atoms with Gasteiger partial charge in [-0.25, -0.2) is 5.01 Å². The predicted molar refractivity (Wildman–Crippen MR) is 160 cm³/mol. The first-order valence-corrected chi connectivity index (χ1v) is 14.5. The molecule has 12 heteroatoms. The van der Waals surface area contributed by atoms with Crippen LogP contribution in [0.3, 0.4) is 0 Å². The van der Waals surface area contributed by atoms with Gasteiger partial charge >= 0.3 is 5.85 Å². The number of amides is 1. The number of nitrogens with one attached hydrogen (secondary N) is 1.